The van der Waals surface area contributed by atoms with Crippen LogP contribution in [-0.4, -0.2) is 87.5 Å². The molecule has 0 spiro atoms. The molecule has 0 aromatic rings. The minimum absolute atomic E-state index is 0.182. The van der Waals surface area contributed by atoms with Gasteiger partial charge in [0.2, 0.25) is 12.1 Å². The normalized spacial score (nSPS) is 56.2. The summed E-state index contributed by atoms with van der Waals surface area (Å²) in [5.41, 5.74) is -1.32. The van der Waals surface area contributed by atoms with Gasteiger partial charge in [0.15, 0.2) is 0 Å². The van der Waals surface area contributed by atoms with Gasteiger partial charge < -0.3 is 44.2 Å². The van der Waals surface area contributed by atoms with Crippen LogP contribution in [0.3, 0.4) is 0 Å². The highest BCUT2D eigenvalue weighted by Crippen LogP contribution is 2.69. The Balaban J connectivity index is 1.22. The van der Waals surface area contributed by atoms with Crippen LogP contribution in [0, 0.1) is 28.6 Å². The topological polar surface area (TPSA) is 152 Å². The Hall–Kier alpha value is -1.66. The van der Waals surface area contributed by atoms with Crippen molar-refractivity contribution >= 4 is 12.3 Å². The third kappa shape index (κ3) is 3.28. The van der Waals surface area contributed by atoms with Crippen molar-refractivity contribution in [2.45, 2.75) is 107 Å². The van der Waals surface area contributed by atoms with E-state index >= 15 is 0 Å². The number of aliphatic hydroxyl groups excluding tert-OH is 2. The second kappa shape index (κ2) is 8.44. The second-order valence-electron chi connectivity index (χ2n) is 13.3. The molecule has 5 fully saturated rings. The van der Waals surface area contributed by atoms with Crippen LogP contribution >= 0.6 is 0 Å². The number of aliphatic hydroxyl groups is 4. The average molecular weight is 547 g/mol. The minimum atomic E-state index is -1.97. The van der Waals surface area contributed by atoms with E-state index in [1.165, 1.54) is 6.08 Å². The number of esters is 1. The molecule has 4 aliphatic carbocycles. The van der Waals surface area contributed by atoms with E-state index in [1.807, 2.05) is 13.0 Å². The summed E-state index contributed by atoms with van der Waals surface area (Å²) in [6.07, 6.45) is 2.68. The molecule has 4 N–H and O–H groups in total. The lowest BCUT2D eigenvalue weighted by Crippen LogP contribution is -2.70. The van der Waals surface area contributed by atoms with Gasteiger partial charge in [-0.1, -0.05) is 18.6 Å². The lowest BCUT2D eigenvalue weighted by atomic mass is 9.45. The molecule has 3 saturated carbocycles. The van der Waals surface area contributed by atoms with Crippen molar-refractivity contribution in [1.29, 1.82) is 0 Å². The van der Waals surface area contributed by atoms with Gasteiger partial charge in [-0.15, -0.1) is 0 Å². The molecule has 0 unspecified atom stereocenters. The number of rotatable bonds is 2. The third-order valence-corrected chi connectivity index (χ3v) is 11.6. The molecular formula is C29H38O10. The first-order valence-electron chi connectivity index (χ1n) is 14.3. The smallest absolute Gasteiger partial charge is 0.331 e. The minimum Gasteiger partial charge on any atom is -0.458 e. The van der Waals surface area contributed by atoms with Crippen LogP contribution in [-0.2, 0) is 28.5 Å². The number of fused-ring (bicyclic) bond motifs is 7. The number of aldehydes is 1. The summed E-state index contributed by atoms with van der Waals surface area (Å²) in [5, 5.41) is 45.6. The highest BCUT2D eigenvalue weighted by molar-refractivity contribution is 5.85. The number of carbonyl (C=O) groups excluding carboxylic acids is 2. The van der Waals surface area contributed by atoms with Gasteiger partial charge >= 0.3 is 5.97 Å². The fourth-order valence-electron chi connectivity index (χ4n) is 9.64. The van der Waals surface area contributed by atoms with Gasteiger partial charge in [-0.25, -0.2) is 4.79 Å². The van der Waals surface area contributed by atoms with Crippen LogP contribution in [0.15, 0.2) is 23.3 Å². The predicted molar refractivity (Wildman–Crippen MR) is 133 cm³/mol. The molecule has 39 heavy (non-hydrogen) atoms. The van der Waals surface area contributed by atoms with Crippen molar-refractivity contribution in [3.05, 3.63) is 23.3 Å². The van der Waals surface area contributed by atoms with Gasteiger partial charge in [0, 0.05) is 17.9 Å². The van der Waals surface area contributed by atoms with Crippen molar-refractivity contribution in [2.75, 3.05) is 6.61 Å². The highest BCUT2D eigenvalue weighted by Gasteiger charge is 2.72. The molecule has 214 valence electrons. The average Bonchev–Trinajstić information content (AvgIpc) is 3.41. The quantitative estimate of drug-likeness (QED) is 0.223. The van der Waals surface area contributed by atoms with E-state index in [4.69, 9.17) is 18.9 Å². The van der Waals surface area contributed by atoms with E-state index in [2.05, 4.69) is 0 Å². The Bertz CT molecular complexity index is 1150. The van der Waals surface area contributed by atoms with Gasteiger partial charge in [-0.2, -0.15) is 0 Å². The molecule has 3 heterocycles. The predicted octanol–water partition coefficient (Wildman–Crippen LogP) is 0.892. The van der Waals surface area contributed by atoms with Crippen molar-refractivity contribution < 1.29 is 49.0 Å². The largest absolute Gasteiger partial charge is 0.458 e. The van der Waals surface area contributed by atoms with Gasteiger partial charge in [-0.05, 0) is 68.8 Å². The first-order chi connectivity index (χ1) is 18.5. The number of hydrogen-bond acceptors (Lipinski definition) is 10. The Kier molecular flexibility index (Phi) is 5.68. The number of hydrogen-bond donors (Lipinski definition) is 4. The van der Waals surface area contributed by atoms with Crippen LogP contribution in [0.1, 0.15) is 58.8 Å². The zero-order chi connectivity index (χ0) is 27.5. The van der Waals surface area contributed by atoms with Crippen molar-refractivity contribution in [3.63, 3.8) is 0 Å². The Morgan fingerprint density at radius 2 is 1.87 bits per heavy atom. The summed E-state index contributed by atoms with van der Waals surface area (Å²) in [7, 11) is 0. The maximum atomic E-state index is 13.1. The molecule has 0 radical (unpaired) electrons. The van der Waals surface area contributed by atoms with Gasteiger partial charge in [-0.3, -0.25) is 0 Å². The summed E-state index contributed by atoms with van der Waals surface area (Å²) >= 11 is 0. The molecule has 7 rings (SSSR count). The molecule has 0 aromatic carbocycles. The van der Waals surface area contributed by atoms with E-state index in [0.29, 0.717) is 38.5 Å². The number of cyclic esters (lactones) is 1. The number of carbonyl (C=O) groups is 2. The van der Waals surface area contributed by atoms with Crippen LogP contribution in [0.5, 0.6) is 0 Å². The first kappa shape index (κ1) is 26.3. The Labute approximate surface area is 226 Å². The van der Waals surface area contributed by atoms with E-state index in [-0.39, 0.29) is 42.9 Å². The Morgan fingerprint density at radius 3 is 2.59 bits per heavy atom. The molecular weight excluding hydrogens is 508 g/mol. The van der Waals surface area contributed by atoms with Crippen molar-refractivity contribution in [1.82, 2.24) is 0 Å². The maximum Gasteiger partial charge on any atom is 0.331 e. The monoisotopic (exact) mass is 546 g/mol. The standard InChI is InChI=1S/C29H38O10/c1-14-7-23(32)29(35)25(37-14)38-21-11-27(13-30)16(9-20(21)39-29)3-4-18-17(27)5-6-26(2)19(10-22(31)28(18,26)34)15-8-24(33)36-12-15/h3,8,13-14,17-23,25,31-32,34-35H,4-7,9-12H2,1-2H3/t14-,17+,18-,19-,20-,21-,22-,23+,25+,26-,27-,28-,29+/m1/s1. The van der Waals surface area contributed by atoms with Crippen LogP contribution in [0.4, 0.5) is 0 Å². The summed E-state index contributed by atoms with van der Waals surface area (Å²) in [4.78, 5) is 24.9. The summed E-state index contributed by atoms with van der Waals surface area (Å²) in [5.74, 6) is -3.15. The number of ether oxygens (including phenoxy) is 4. The fraction of sp³-hybridized carbons (Fsp3) is 0.793. The molecule has 0 amide bonds. The highest BCUT2D eigenvalue weighted by atomic mass is 16.8. The molecule has 3 aliphatic heterocycles. The molecule has 2 saturated heterocycles. The molecule has 13 atom stereocenters. The zero-order valence-electron chi connectivity index (χ0n) is 22.3. The van der Waals surface area contributed by atoms with Crippen molar-refractivity contribution in [3.8, 4) is 0 Å². The first-order valence-corrected chi connectivity index (χ1v) is 14.3. The van der Waals surface area contributed by atoms with Crippen LogP contribution in [0.2, 0.25) is 0 Å². The Morgan fingerprint density at radius 1 is 1.08 bits per heavy atom. The van der Waals surface area contributed by atoms with Gasteiger partial charge in [0.05, 0.1) is 35.4 Å². The maximum absolute atomic E-state index is 13.1. The van der Waals surface area contributed by atoms with E-state index in [9.17, 15) is 30.0 Å². The lowest BCUT2D eigenvalue weighted by molar-refractivity contribution is -0.453. The van der Waals surface area contributed by atoms with Gasteiger partial charge in [0.25, 0.3) is 0 Å². The van der Waals surface area contributed by atoms with Gasteiger partial charge in [0.1, 0.15) is 19.0 Å². The molecule has 0 aromatic heterocycles. The third-order valence-electron chi connectivity index (χ3n) is 11.6. The van der Waals surface area contributed by atoms with Crippen LogP contribution < -0.4 is 0 Å². The number of allylic oxidation sites excluding steroid dienone is 1. The lowest BCUT2D eigenvalue weighted by Gasteiger charge is -2.62. The second-order valence-corrected chi connectivity index (χ2v) is 13.3. The molecule has 10 nitrogen and oxygen atoms in total. The zero-order valence-corrected chi connectivity index (χ0v) is 22.3. The van der Waals surface area contributed by atoms with Crippen LogP contribution in [0.25, 0.3) is 0 Å². The summed E-state index contributed by atoms with van der Waals surface area (Å²) in [6.45, 7) is 3.98. The summed E-state index contributed by atoms with van der Waals surface area (Å²) < 4.78 is 23.3. The van der Waals surface area contributed by atoms with Crippen molar-refractivity contribution in [2.24, 2.45) is 28.6 Å². The molecule has 10 heteroatoms. The van der Waals surface area contributed by atoms with E-state index < -0.39 is 52.9 Å². The van der Waals surface area contributed by atoms with E-state index in [1.54, 1.807) is 6.92 Å². The SMILES string of the molecule is C[C@@H]1C[C@H](O)[C@]2(O)O[C@@H]3CC4=CC[C@@H]5[C@H](CC[C@]6(C)[C@@H](C7=CC(=O)OC7)C[C@@H](O)[C@]56O)[C@@]4(C=O)C[C@H]3O[C@@H]2O1. The summed E-state index contributed by atoms with van der Waals surface area (Å²) in [6, 6.07) is 0. The molecule has 0 bridgehead atoms. The van der Waals surface area contributed by atoms with E-state index in [0.717, 1.165) is 17.4 Å². The molecule has 7 aliphatic rings. The fourth-order valence-corrected chi connectivity index (χ4v) is 9.64.